The Balaban J connectivity index is 1.42. The number of hydrogen-bond acceptors (Lipinski definition) is 4. The molecule has 0 aromatic heterocycles. The summed E-state index contributed by atoms with van der Waals surface area (Å²) in [6, 6.07) is 34.9. The molecule has 0 amide bonds. The highest BCUT2D eigenvalue weighted by molar-refractivity contribution is 5.85. The first kappa shape index (κ1) is 26.9. The Labute approximate surface area is 235 Å². The summed E-state index contributed by atoms with van der Waals surface area (Å²) in [7, 11) is 0. The lowest BCUT2D eigenvalue weighted by Crippen LogP contribution is -2.51. The van der Waals surface area contributed by atoms with Crippen LogP contribution in [0, 0.1) is 11.8 Å². The summed E-state index contributed by atoms with van der Waals surface area (Å²) in [6.07, 6.45) is 3.53. The molecule has 0 heterocycles. The van der Waals surface area contributed by atoms with Crippen molar-refractivity contribution in [1.29, 1.82) is 0 Å². The van der Waals surface area contributed by atoms with Crippen LogP contribution in [0.2, 0.25) is 0 Å². The molecule has 5 rings (SSSR count). The highest BCUT2D eigenvalue weighted by Gasteiger charge is 2.59. The third kappa shape index (κ3) is 5.81. The Morgan fingerprint density at radius 3 is 1.57 bits per heavy atom. The van der Waals surface area contributed by atoms with E-state index in [1.54, 1.807) is 12.2 Å². The maximum absolute atomic E-state index is 13.7. The summed E-state index contributed by atoms with van der Waals surface area (Å²) in [6.45, 7) is 7.91. The molecule has 0 saturated heterocycles. The summed E-state index contributed by atoms with van der Waals surface area (Å²) in [5, 5.41) is 0. The van der Waals surface area contributed by atoms with Gasteiger partial charge >= 0.3 is 11.9 Å². The molecule has 4 nitrogen and oxygen atoms in total. The van der Waals surface area contributed by atoms with Crippen molar-refractivity contribution in [2.75, 3.05) is 0 Å². The normalized spacial score (nSPS) is 19.6. The average molecular weight is 529 g/mol. The smallest absolute Gasteiger partial charge is 0.310 e. The minimum absolute atomic E-state index is 0.149. The number of carbonyl (C=O) groups excluding carboxylic acids is 2. The molecule has 0 radical (unpaired) electrons. The molecule has 1 aliphatic carbocycles. The van der Waals surface area contributed by atoms with E-state index in [9.17, 15) is 9.59 Å². The van der Waals surface area contributed by atoms with Crippen LogP contribution in [0.1, 0.15) is 45.2 Å². The lowest BCUT2D eigenvalue weighted by atomic mass is 9.52. The van der Waals surface area contributed by atoms with Crippen LogP contribution in [0.25, 0.3) is 12.2 Å². The van der Waals surface area contributed by atoms with Gasteiger partial charge in [-0.2, -0.15) is 0 Å². The molecule has 1 saturated carbocycles. The molecule has 0 N–H and O–H groups in total. The predicted molar refractivity (Wildman–Crippen MR) is 158 cm³/mol. The van der Waals surface area contributed by atoms with Crippen LogP contribution in [0.3, 0.4) is 0 Å². The van der Waals surface area contributed by atoms with Gasteiger partial charge in [0.1, 0.15) is 13.2 Å². The molecule has 4 heteroatoms. The second-order valence-electron chi connectivity index (χ2n) is 10.0. The van der Waals surface area contributed by atoms with Gasteiger partial charge < -0.3 is 9.47 Å². The second-order valence-corrected chi connectivity index (χ2v) is 10.0. The number of esters is 2. The van der Waals surface area contributed by atoms with E-state index in [2.05, 4.69) is 13.2 Å². The van der Waals surface area contributed by atoms with E-state index in [4.69, 9.17) is 9.47 Å². The zero-order valence-electron chi connectivity index (χ0n) is 22.3. The molecular formula is C36H32O4. The third-order valence-corrected chi connectivity index (χ3v) is 7.63. The molecular weight excluding hydrogens is 496 g/mol. The highest BCUT2D eigenvalue weighted by Crippen LogP contribution is 2.58. The first-order chi connectivity index (χ1) is 19.6. The van der Waals surface area contributed by atoms with E-state index >= 15 is 0 Å². The monoisotopic (exact) mass is 528 g/mol. The molecule has 4 aromatic carbocycles. The fraction of sp³-hybridized carbons (Fsp3) is 0.167. The molecule has 2 unspecified atom stereocenters. The minimum atomic E-state index is -0.531. The number of rotatable bonds is 10. The predicted octanol–water partition coefficient (Wildman–Crippen LogP) is 7.57. The molecule has 0 spiro atoms. The molecule has 0 aliphatic heterocycles. The van der Waals surface area contributed by atoms with E-state index in [0.717, 1.165) is 33.4 Å². The molecule has 4 aromatic rings. The van der Waals surface area contributed by atoms with Crippen molar-refractivity contribution >= 4 is 24.1 Å². The van der Waals surface area contributed by atoms with Gasteiger partial charge in [-0.1, -0.05) is 128 Å². The molecule has 1 fully saturated rings. The topological polar surface area (TPSA) is 52.6 Å². The maximum atomic E-state index is 13.7. The molecule has 200 valence electrons. The summed E-state index contributed by atoms with van der Waals surface area (Å²) >= 11 is 0. The van der Waals surface area contributed by atoms with Crippen LogP contribution >= 0.6 is 0 Å². The van der Waals surface area contributed by atoms with Gasteiger partial charge in [0, 0.05) is 11.8 Å². The maximum Gasteiger partial charge on any atom is 0.310 e. The first-order valence-corrected chi connectivity index (χ1v) is 13.4. The van der Waals surface area contributed by atoms with Crippen molar-refractivity contribution in [2.24, 2.45) is 11.8 Å². The van der Waals surface area contributed by atoms with Crippen LogP contribution in [0.5, 0.6) is 0 Å². The van der Waals surface area contributed by atoms with Crippen molar-refractivity contribution < 1.29 is 19.1 Å². The van der Waals surface area contributed by atoms with Gasteiger partial charge in [0.15, 0.2) is 0 Å². The second kappa shape index (κ2) is 12.4. The van der Waals surface area contributed by atoms with Gasteiger partial charge in [0.2, 0.25) is 0 Å². The summed E-state index contributed by atoms with van der Waals surface area (Å²) < 4.78 is 11.7. The van der Waals surface area contributed by atoms with Crippen LogP contribution < -0.4 is 0 Å². The van der Waals surface area contributed by atoms with E-state index in [1.807, 2.05) is 109 Å². The standard InChI is InChI=1S/C36H32O4/c1-3-25-18-20-27(21-19-25)23-39-35(37)33-31(29-14-7-5-8-15-29)34(32(33)30-16-9-6-10-17-30)36(38)40-24-28-13-11-12-26(4-2)22-28/h3-22,31-34H,1-2,23-24H2. The van der Waals surface area contributed by atoms with Crippen molar-refractivity contribution in [3.05, 3.63) is 156 Å². The van der Waals surface area contributed by atoms with Crippen molar-refractivity contribution in [1.82, 2.24) is 0 Å². The number of ether oxygens (including phenoxy) is 2. The minimum Gasteiger partial charge on any atom is -0.461 e. The fourth-order valence-electron chi connectivity index (χ4n) is 5.58. The van der Waals surface area contributed by atoms with Gasteiger partial charge in [0.25, 0.3) is 0 Å². The van der Waals surface area contributed by atoms with Gasteiger partial charge in [-0.05, 0) is 39.4 Å². The summed E-state index contributed by atoms with van der Waals surface area (Å²) in [5.74, 6) is -2.44. The summed E-state index contributed by atoms with van der Waals surface area (Å²) in [4.78, 5) is 27.4. The Hall–Kier alpha value is -4.70. The Morgan fingerprint density at radius 2 is 1.07 bits per heavy atom. The SMILES string of the molecule is C=Cc1ccc(COC(=O)C2C(c3ccccc3)C(C(=O)OCc3cccc(C=C)c3)C2c2ccccc2)cc1. The number of benzene rings is 4. The van der Waals surface area contributed by atoms with Gasteiger partial charge in [0.05, 0.1) is 11.8 Å². The lowest BCUT2D eigenvalue weighted by molar-refractivity contribution is -0.169. The molecule has 2 atom stereocenters. The van der Waals surface area contributed by atoms with Crippen molar-refractivity contribution in [3.8, 4) is 0 Å². The Bertz CT molecular complexity index is 1430. The van der Waals surface area contributed by atoms with Crippen molar-refractivity contribution in [3.63, 3.8) is 0 Å². The largest absolute Gasteiger partial charge is 0.461 e. The summed E-state index contributed by atoms with van der Waals surface area (Å²) in [5.41, 5.74) is 5.58. The Kier molecular flexibility index (Phi) is 8.36. The third-order valence-electron chi connectivity index (χ3n) is 7.63. The van der Waals surface area contributed by atoms with E-state index in [1.165, 1.54) is 0 Å². The van der Waals surface area contributed by atoms with Gasteiger partial charge in [-0.3, -0.25) is 9.59 Å². The molecule has 40 heavy (non-hydrogen) atoms. The quantitative estimate of drug-likeness (QED) is 0.199. The van der Waals surface area contributed by atoms with Crippen LogP contribution in [0.15, 0.2) is 122 Å². The van der Waals surface area contributed by atoms with E-state index < -0.39 is 11.8 Å². The fourth-order valence-corrected chi connectivity index (χ4v) is 5.58. The highest BCUT2D eigenvalue weighted by atomic mass is 16.5. The zero-order chi connectivity index (χ0) is 27.9. The van der Waals surface area contributed by atoms with E-state index in [0.29, 0.717) is 0 Å². The average Bonchev–Trinajstić information content (AvgIpc) is 3.00. The van der Waals surface area contributed by atoms with Gasteiger partial charge in [-0.25, -0.2) is 0 Å². The molecule has 0 bridgehead atoms. The molecule has 1 aliphatic rings. The van der Waals surface area contributed by atoms with Crippen LogP contribution in [0.4, 0.5) is 0 Å². The van der Waals surface area contributed by atoms with Crippen LogP contribution in [-0.2, 0) is 32.3 Å². The van der Waals surface area contributed by atoms with Crippen LogP contribution in [-0.4, -0.2) is 11.9 Å². The first-order valence-electron chi connectivity index (χ1n) is 13.4. The zero-order valence-corrected chi connectivity index (χ0v) is 22.3. The Morgan fingerprint density at radius 1 is 0.575 bits per heavy atom. The number of carbonyl (C=O) groups is 2. The number of hydrogen-bond donors (Lipinski definition) is 0. The lowest BCUT2D eigenvalue weighted by Gasteiger charge is -2.49. The van der Waals surface area contributed by atoms with E-state index in [-0.39, 0.29) is 37.0 Å². The van der Waals surface area contributed by atoms with Gasteiger partial charge in [-0.15, -0.1) is 0 Å². The van der Waals surface area contributed by atoms with Crippen molar-refractivity contribution in [2.45, 2.75) is 25.0 Å².